The SMILES string of the molecule is Cc1cc(CNC(C)C(=O)O)cc(C)c1O. The Morgan fingerprint density at radius 2 is 1.88 bits per heavy atom. The van der Waals surface area contributed by atoms with Crippen LogP contribution in [-0.4, -0.2) is 22.2 Å². The Labute approximate surface area is 94.9 Å². The van der Waals surface area contributed by atoms with Crippen LogP contribution in [0.1, 0.15) is 23.6 Å². The monoisotopic (exact) mass is 223 g/mol. The molecule has 1 atom stereocenters. The van der Waals surface area contributed by atoms with Crippen molar-refractivity contribution in [1.82, 2.24) is 5.32 Å². The van der Waals surface area contributed by atoms with Crippen LogP contribution in [0.15, 0.2) is 12.1 Å². The molecule has 0 spiro atoms. The molecular formula is C12H17NO3. The first-order valence-electron chi connectivity index (χ1n) is 5.17. The van der Waals surface area contributed by atoms with E-state index in [4.69, 9.17) is 5.11 Å². The molecule has 1 unspecified atom stereocenters. The number of nitrogens with one attached hydrogen (secondary N) is 1. The molecule has 0 fully saturated rings. The number of benzene rings is 1. The summed E-state index contributed by atoms with van der Waals surface area (Å²) >= 11 is 0. The minimum atomic E-state index is -0.868. The molecule has 4 heteroatoms. The minimum Gasteiger partial charge on any atom is -0.507 e. The number of phenols is 1. The third-order valence-corrected chi connectivity index (χ3v) is 2.53. The number of rotatable bonds is 4. The number of aryl methyl sites for hydroxylation is 2. The molecule has 0 saturated heterocycles. The number of aromatic hydroxyl groups is 1. The molecule has 1 aromatic carbocycles. The highest BCUT2D eigenvalue weighted by molar-refractivity contribution is 5.72. The molecule has 0 saturated carbocycles. The van der Waals surface area contributed by atoms with E-state index in [0.29, 0.717) is 12.3 Å². The van der Waals surface area contributed by atoms with Crippen molar-refractivity contribution < 1.29 is 15.0 Å². The molecule has 0 amide bonds. The van der Waals surface area contributed by atoms with E-state index >= 15 is 0 Å². The van der Waals surface area contributed by atoms with E-state index in [2.05, 4.69) is 5.32 Å². The van der Waals surface area contributed by atoms with Gasteiger partial charge in [0, 0.05) is 6.54 Å². The maximum atomic E-state index is 10.6. The van der Waals surface area contributed by atoms with Crippen molar-refractivity contribution in [3.05, 3.63) is 28.8 Å². The summed E-state index contributed by atoms with van der Waals surface area (Å²) in [6.45, 7) is 5.73. The van der Waals surface area contributed by atoms with E-state index in [-0.39, 0.29) is 0 Å². The molecule has 1 rings (SSSR count). The summed E-state index contributed by atoms with van der Waals surface area (Å²) in [6, 6.07) is 3.13. The van der Waals surface area contributed by atoms with Crippen LogP contribution in [0.5, 0.6) is 5.75 Å². The van der Waals surface area contributed by atoms with Gasteiger partial charge in [0.2, 0.25) is 0 Å². The molecule has 0 radical (unpaired) electrons. The predicted octanol–water partition coefficient (Wildman–Crippen LogP) is 1.57. The molecule has 0 aliphatic heterocycles. The van der Waals surface area contributed by atoms with E-state index in [0.717, 1.165) is 16.7 Å². The lowest BCUT2D eigenvalue weighted by atomic mass is 10.1. The van der Waals surface area contributed by atoms with Crippen molar-refractivity contribution in [2.75, 3.05) is 0 Å². The summed E-state index contributed by atoms with van der Waals surface area (Å²) < 4.78 is 0. The van der Waals surface area contributed by atoms with E-state index in [1.807, 2.05) is 26.0 Å². The van der Waals surface area contributed by atoms with Gasteiger partial charge in [0.25, 0.3) is 0 Å². The van der Waals surface area contributed by atoms with Crippen molar-refractivity contribution in [1.29, 1.82) is 0 Å². The summed E-state index contributed by atoms with van der Waals surface area (Å²) in [7, 11) is 0. The van der Waals surface area contributed by atoms with Gasteiger partial charge in [-0.25, -0.2) is 0 Å². The summed E-state index contributed by atoms with van der Waals surface area (Å²) in [6.07, 6.45) is 0. The van der Waals surface area contributed by atoms with Crippen LogP contribution >= 0.6 is 0 Å². The topological polar surface area (TPSA) is 69.6 Å². The Hall–Kier alpha value is -1.55. The van der Waals surface area contributed by atoms with Gasteiger partial charge < -0.3 is 15.5 Å². The van der Waals surface area contributed by atoms with Crippen LogP contribution in [0.25, 0.3) is 0 Å². The number of carboxylic acids is 1. The lowest BCUT2D eigenvalue weighted by Crippen LogP contribution is -2.33. The molecular weight excluding hydrogens is 206 g/mol. The lowest BCUT2D eigenvalue weighted by Gasteiger charge is -2.11. The van der Waals surface area contributed by atoms with E-state index in [9.17, 15) is 9.90 Å². The second-order valence-electron chi connectivity index (χ2n) is 4.02. The van der Waals surface area contributed by atoms with Gasteiger partial charge in [-0.15, -0.1) is 0 Å². The first-order valence-corrected chi connectivity index (χ1v) is 5.17. The maximum Gasteiger partial charge on any atom is 0.320 e. The Kier molecular flexibility index (Phi) is 3.90. The summed E-state index contributed by atoms with van der Waals surface area (Å²) in [4.78, 5) is 10.6. The Morgan fingerprint density at radius 3 is 2.31 bits per heavy atom. The van der Waals surface area contributed by atoms with E-state index < -0.39 is 12.0 Å². The third-order valence-electron chi connectivity index (χ3n) is 2.53. The second kappa shape index (κ2) is 4.99. The molecule has 0 aromatic heterocycles. The minimum absolute atomic E-state index is 0.301. The zero-order valence-corrected chi connectivity index (χ0v) is 9.74. The van der Waals surface area contributed by atoms with Gasteiger partial charge >= 0.3 is 5.97 Å². The Morgan fingerprint density at radius 1 is 1.38 bits per heavy atom. The largest absolute Gasteiger partial charge is 0.507 e. The first kappa shape index (κ1) is 12.5. The van der Waals surface area contributed by atoms with Crippen molar-refractivity contribution in [2.45, 2.75) is 33.4 Å². The Balaban J connectivity index is 2.72. The van der Waals surface area contributed by atoms with Crippen molar-refractivity contribution in [3.63, 3.8) is 0 Å². The van der Waals surface area contributed by atoms with Crippen molar-refractivity contribution in [2.24, 2.45) is 0 Å². The third kappa shape index (κ3) is 2.97. The fourth-order valence-electron chi connectivity index (χ4n) is 1.51. The van der Waals surface area contributed by atoms with Crippen molar-refractivity contribution >= 4 is 5.97 Å². The smallest absolute Gasteiger partial charge is 0.320 e. The van der Waals surface area contributed by atoms with Crippen LogP contribution in [0, 0.1) is 13.8 Å². The summed E-state index contributed by atoms with van der Waals surface area (Å²) in [5.74, 6) is -0.567. The van der Waals surface area contributed by atoms with E-state index in [1.54, 1.807) is 6.92 Å². The lowest BCUT2D eigenvalue weighted by molar-refractivity contribution is -0.139. The fraction of sp³-hybridized carbons (Fsp3) is 0.417. The average Bonchev–Trinajstić information content (AvgIpc) is 2.22. The molecule has 1 aromatic rings. The molecule has 88 valence electrons. The maximum absolute atomic E-state index is 10.6. The van der Waals surface area contributed by atoms with Gasteiger partial charge in [0.05, 0.1) is 0 Å². The number of aliphatic carboxylic acids is 1. The van der Waals surface area contributed by atoms with Crippen molar-refractivity contribution in [3.8, 4) is 5.75 Å². The van der Waals surface area contributed by atoms with Crippen LogP contribution in [-0.2, 0) is 11.3 Å². The summed E-state index contributed by atoms with van der Waals surface area (Å²) in [5, 5.41) is 21.2. The number of hydrogen-bond donors (Lipinski definition) is 3. The van der Waals surface area contributed by atoms with Gasteiger partial charge in [0.1, 0.15) is 11.8 Å². The highest BCUT2D eigenvalue weighted by Crippen LogP contribution is 2.22. The van der Waals surface area contributed by atoms with E-state index in [1.165, 1.54) is 0 Å². The molecule has 3 N–H and O–H groups in total. The molecule has 0 bridgehead atoms. The number of phenolic OH excluding ortho intramolecular Hbond substituents is 1. The molecule has 0 heterocycles. The van der Waals surface area contributed by atoms with Gasteiger partial charge in [-0.05, 0) is 37.5 Å². The van der Waals surface area contributed by atoms with Gasteiger partial charge in [0.15, 0.2) is 0 Å². The second-order valence-corrected chi connectivity index (χ2v) is 4.02. The zero-order chi connectivity index (χ0) is 12.3. The number of carbonyl (C=O) groups is 1. The Bertz CT molecular complexity index is 378. The molecule has 16 heavy (non-hydrogen) atoms. The van der Waals surface area contributed by atoms with Crippen LogP contribution < -0.4 is 5.32 Å². The van der Waals surface area contributed by atoms with Crippen LogP contribution in [0.4, 0.5) is 0 Å². The first-order chi connectivity index (χ1) is 7.41. The number of hydrogen-bond acceptors (Lipinski definition) is 3. The molecule has 0 aliphatic carbocycles. The van der Waals surface area contributed by atoms with Gasteiger partial charge in [-0.2, -0.15) is 0 Å². The highest BCUT2D eigenvalue weighted by Gasteiger charge is 2.10. The molecule has 0 aliphatic rings. The molecule has 4 nitrogen and oxygen atoms in total. The zero-order valence-electron chi connectivity index (χ0n) is 9.74. The summed E-state index contributed by atoms with van der Waals surface area (Å²) in [5.41, 5.74) is 2.58. The predicted molar refractivity (Wildman–Crippen MR) is 61.5 cm³/mol. The van der Waals surface area contributed by atoms with Gasteiger partial charge in [-0.1, -0.05) is 12.1 Å². The normalized spacial score (nSPS) is 12.4. The number of carboxylic acid groups (broad SMARTS) is 1. The fourth-order valence-corrected chi connectivity index (χ4v) is 1.51. The van der Waals surface area contributed by atoms with Gasteiger partial charge in [-0.3, -0.25) is 4.79 Å². The van der Waals surface area contributed by atoms with Crippen LogP contribution in [0.3, 0.4) is 0 Å². The average molecular weight is 223 g/mol. The quantitative estimate of drug-likeness (QED) is 0.724. The van der Waals surface area contributed by atoms with Crippen LogP contribution in [0.2, 0.25) is 0 Å². The highest BCUT2D eigenvalue weighted by atomic mass is 16.4. The standard InChI is InChI=1S/C12H17NO3/c1-7-4-10(5-8(2)11(7)14)6-13-9(3)12(15)16/h4-5,9,13-14H,6H2,1-3H3,(H,15,16).